The summed E-state index contributed by atoms with van der Waals surface area (Å²) in [6.07, 6.45) is 0.836. The Labute approximate surface area is 181 Å². The predicted octanol–water partition coefficient (Wildman–Crippen LogP) is 5.22. The lowest BCUT2D eigenvalue weighted by Crippen LogP contribution is -2.49. The fourth-order valence-corrected chi connectivity index (χ4v) is 3.61. The molecule has 3 aromatic rings. The smallest absolute Gasteiger partial charge is 0.322 e. The van der Waals surface area contributed by atoms with Crippen molar-refractivity contribution in [2.75, 3.05) is 23.3 Å². The second-order valence-electron chi connectivity index (χ2n) is 7.70. The number of hydrogen-bond donors (Lipinski definition) is 1. The molecule has 3 aromatic carbocycles. The van der Waals surface area contributed by atoms with E-state index in [2.05, 4.69) is 5.32 Å². The van der Waals surface area contributed by atoms with Crippen molar-refractivity contribution in [3.63, 3.8) is 0 Å². The first-order valence-corrected chi connectivity index (χ1v) is 10.3. The zero-order valence-electron chi connectivity index (χ0n) is 17.3. The van der Waals surface area contributed by atoms with Crippen LogP contribution in [0.25, 0.3) is 0 Å². The fourth-order valence-electron chi connectivity index (χ4n) is 3.61. The van der Waals surface area contributed by atoms with Crippen LogP contribution in [-0.2, 0) is 6.54 Å². The average Bonchev–Trinajstić information content (AvgIpc) is 2.78. The molecule has 158 valence electrons. The summed E-state index contributed by atoms with van der Waals surface area (Å²) in [4.78, 5) is 29.0. The summed E-state index contributed by atoms with van der Waals surface area (Å²) in [5.41, 5.74) is 4.03. The number of urea groups is 1. The summed E-state index contributed by atoms with van der Waals surface area (Å²) in [5.74, 6) is -0.486. The molecule has 0 aromatic heterocycles. The van der Waals surface area contributed by atoms with Gasteiger partial charge in [-0.1, -0.05) is 29.8 Å². The maximum Gasteiger partial charge on any atom is 0.324 e. The van der Waals surface area contributed by atoms with E-state index in [0.29, 0.717) is 25.2 Å². The van der Waals surface area contributed by atoms with E-state index in [1.165, 1.54) is 12.1 Å². The molecule has 0 radical (unpaired) electrons. The third-order valence-corrected chi connectivity index (χ3v) is 5.35. The topological polar surface area (TPSA) is 52.7 Å². The van der Waals surface area contributed by atoms with Crippen LogP contribution < -0.4 is 10.2 Å². The molecular weight excluding hydrogens is 393 g/mol. The van der Waals surface area contributed by atoms with Crippen LogP contribution in [0.15, 0.2) is 72.8 Å². The molecule has 1 saturated heterocycles. The van der Waals surface area contributed by atoms with Gasteiger partial charge in [-0.2, -0.15) is 0 Å². The van der Waals surface area contributed by atoms with Crippen molar-refractivity contribution < 1.29 is 14.0 Å². The van der Waals surface area contributed by atoms with E-state index >= 15 is 0 Å². The second-order valence-corrected chi connectivity index (χ2v) is 7.70. The first-order valence-electron chi connectivity index (χ1n) is 10.3. The number of anilines is 2. The summed E-state index contributed by atoms with van der Waals surface area (Å²) < 4.78 is 13.1. The van der Waals surface area contributed by atoms with E-state index < -0.39 is 0 Å². The van der Waals surface area contributed by atoms with Crippen molar-refractivity contribution in [1.29, 1.82) is 0 Å². The number of benzene rings is 3. The van der Waals surface area contributed by atoms with Crippen molar-refractivity contribution in [3.05, 3.63) is 95.3 Å². The molecule has 0 aliphatic carbocycles. The molecule has 4 rings (SSSR count). The van der Waals surface area contributed by atoms with E-state index in [1.807, 2.05) is 31.2 Å². The highest BCUT2D eigenvalue weighted by Crippen LogP contribution is 2.22. The monoisotopic (exact) mass is 417 g/mol. The standard InChI is InChI=1S/C25H24FN3O2/c1-18-3-11-22(12-4-18)27-24(30)20-7-13-23(14-8-20)29-16-2-15-28(25(29)31)17-19-5-9-21(26)10-6-19/h3-14H,2,15-17H2,1H3,(H,27,30). The molecule has 0 spiro atoms. The van der Waals surface area contributed by atoms with Crippen molar-refractivity contribution in [3.8, 4) is 0 Å². The number of carbonyl (C=O) groups is 2. The maximum atomic E-state index is 13.1. The van der Waals surface area contributed by atoms with Crippen molar-refractivity contribution in [2.24, 2.45) is 0 Å². The highest BCUT2D eigenvalue weighted by molar-refractivity contribution is 6.04. The molecule has 1 heterocycles. The predicted molar refractivity (Wildman–Crippen MR) is 120 cm³/mol. The molecule has 6 heteroatoms. The number of carbonyl (C=O) groups excluding carboxylic acids is 2. The van der Waals surface area contributed by atoms with Gasteiger partial charge >= 0.3 is 6.03 Å². The molecule has 3 amide bonds. The summed E-state index contributed by atoms with van der Waals surface area (Å²) in [5, 5.41) is 2.88. The third kappa shape index (κ3) is 4.91. The quantitative estimate of drug-likeness (QED) is 0.619. The minimum atomic E-state index is -0.290. The lowest BCUT2D eigenvalue weighted by Gasteiger charge is -2.35. The van der Waals surface area contributed by atoms with Crippen molar-refractivity contribution >= 4 is 23.3 Å². The summed E-state index contributed by atoms with van der Waals surface area (Å²) >= 11 is 0. The summed E-state index contributed by atoms with van der Waals surface area (Å²) in [6, 6.07) is 20.8. The first-order chi connectivity index (χ1) is 15.0. The molecule has 1 N–H and O–H groups in total. The Morgan fingerprint density at radius 1 is 0.935 bits per heavy atom. The van der Waals surface area contributed by atoms with Gasteiger partial charge in [-0.05, 0) is 67.4 Å². The van der Waals surface area contributed by atoms with Crippen LogP contribution in [0.5, 0.6) is 0 Å². The summed E-state index contributed by atoms with van der Waals surface area (Å²) in [7, 11) is 0. The maximum absolute atomic E-state index is 13.1. The van der Waals surface area contributed by atoms with Gasteiger partial charge in [-0.3, -0.25) is 9.69 Å². The van der Waals surface area contributed by atoms with Crippen LogP contribution in [0, 0.1) is 12.7 Å². The second kappa shape index (κ2) is 9.00. The number of hydrogen-bond acceptors (Lipinski definition) is 2. The van der Waals surface area contributed by atoms with Crippen LogP contribution in [0.1, 0.15) is 27.9 Å². The Kier molecular flexibility index (Phi) is 5.98. The average molecular weight is 417 g/mol. The molecule has 0 bridgehead atoms. The largest absolute Gasteiger partial charge is 0.324 e. The highest BCUT2D eigenvalue weighted by Gasteiger charge is 2.27. The first kappa shape index (κ1) is 20.6. The molecule has 1 aliphatic heterocycles. The van der Waals surface area contributed by atoms with Crippen LogP contribution in [0.4, 0.5) is 20.6 Å². The lowest BCUT2D eigenvalue weighted by molar-refractivity contribution is 0.102. The normalized spacial score (nSPS) is 13.9. The van der Waals surface area contributed by atoms with E-state index in [4.69, 9.17) is 0 Å². The molecular formula is C25H24FN3O2. The van der Waals surface area contributed by atoms with Gasteiger partial charge in [-0.25, -0.2) is 9.18 Å². The number of halogens is 1. The minimum Gasteiger partial charge on any atom is -0.322 e. The Bertz CT molecular complexity index is 1060. The van der Waals surface area contributed by atoms with Crippen molar-refractivity contribution in [2.45, 2.75) is 19.9 Å². The third-order valence-electron chi connectivity index (χ3n) is 5.35. The SMILES string of the molecule is Cc1ccc(NC(=O)c2ccc(N3CCCN(Cc4ccc(F)cc4)C3=O)cc2)cc1. The van der Waals surface area contributed by atoms with Crippen LogP contribution in [0.2, 0.25) is 0 Å². The minimum absolute atomic E-state index is 0.0903. The van der Waals surface area contributed by atoms with Crippen LogP contribution >= 0.6 is 0 Å². The number of aryl methyl sites for hydroxylation is 1. The molecule has 0 atom stereocenters. The fraction of sp³-hybridized carbons (Fsp3) is 0.200. The van der Waals surface area contributed by atoms with E-state index in [0.717, 1.165) is 28.9 Å². The Hall–Kier alpha value is -3.67. The lowest BCUT2D eigenvalue weighted by atomic mass is 10.1. The van der Waals surface area contributed by atoms with Gasteiger partial charge in [0.2, 0.25) is 0 Å². The van der Waals surface area contributed by atoms with Gasteiger partial charge in [-0.15, -0.1) is 0 Å². The van der Waals surface area contributed by atoms with Crippen LogP contribution in [-0.4, -0.2) is 29.9 Å². The number of rotatable bonds is 5. The molecule has 5 nitrogen and oxygen atoms in total. The molecule has 0 saturated carbocycles. The van der Waals surface area contributed by atoms with Crippen LogP contribution in [0.3, 0.4) is 0 Å². The van der Waals surface area contributed by atoms with Gasteiger partial charge in [0, 0.05) is 36.6 Å². The molecule has 1 fully saturated rings. The molecule has 1 aliphatic rings. The van der Waals surface area contributed by atoms with E-state index in [-0.39, 0.29) is 17.8 Å². The van der Waals surface area contributed by atoms with Gasteiger partial charge in [0.1, 0.15) is 5.82 Å². The number of nitrogens with one attached hydrogen (secondary N) is 1. The van der Waals surface area contributed by atoms with E-state index in [1.54, 1.807) is 46.2 Å². The zero-order valence-corrected chi connectivity index (χ0v) is 17.3. The van der Waals surface area contributed by atoms with Crippen molar-refractivity contribution in [1.82, 2.24) is 4.90 Å². The molecule has 0 unspecified atom stereocenters. The Morgan fingerprint density at radius 2 is 1.61 bits per heavy atom. The van der Waals surface area contributed by atoms with Gasteiger partial charge in [0.15, 0.2) is 0 Å². The molecule has 31 heavy (non-hydrogen) atoms. The Morgan fingerprint density at radius 3 is 2.29 bits per heavy atom. The van der Waals surface area contributed by atoms with Gasteiger partial charge < -0.3 is 10.2 Å². The van der Waals surface area contributed by atoms with Gasteiger partial charge in [0.25, 0.3) is 5.91 Å². The highest BCUT2D eigenvalue weighted by atomic mass is 19.1. The number of nitrogens with zero attached hydrogens (tertiary/aromatic N) is 2. The number of amides is 3. The van der Waals surface area contributed by atoms with Gasteiger partial charge in [0.05, 0.1) is 0 Å². The Balaban J connectivity index is 1.42. The zero-order chi connectivity index (χ0) is 21.8. The summed E-state index contributed by atoms with van der Waals surface area (Å²) in [6.45, 7) is 3.71. The van der Waals surface area contributed by atoms with E-state index in [9.17, 15) is 14.0 Å².